The van der Waals surface area contributed by atoms with Gasteiger partial charge in [0.15, 0.2) is 5.58 Å². The highest BCUT2D eigenvalue weighted by molar-refractivity contribution is 8.00. The number of nitrogens with one attached hydrogen (secondary N) is 1. The van der Waals surface area contributed by atoms with Crippen LogP contribution in [-0.2, 0) is 14.8 Å². The van der Waals surface area contributed by atoms with Crippen molar-refractivity contribution in [2.75, 3.05) is 19.6 Å². The minimum absolute atomic E-state index is 0.0537. The number of benzene rings is 1. The van der Waals surface area contributed by atoms with Gasteiger partial charge in [-0.15, -0.1) is 0 Å². The quantitative estimate of drug-likeness (QED) is 0.445. The Hall–Kier alpha value is -1.84. The summed E-state index contributed by atoms with van der Waals surface area (Å²) in [5, 5.41) is 3.00. The van der Waals surface area contributed by atoms with Gasteiger partial charge >= 0.3 is 0 Å². The Morgan fingerprint density at radius 3 is 2.78 bits per heavy atom. The molecule has 0 radical (unpaired) electrons. The molecule has 0 unspecified atom stereocenters. The summed E-state index contributed by atoms with van der Waals surface area (Å²) in [4.78, 5) is 17.1. The Morgan fingerprint density at radius 1 is 1.22 bits per heavy atom. The Morgan fingerprint density at radius 2 is 2.03 bits per heavy atom. The lowest BCUT2D eigenvalue weighted by molar-refractivity contribution is -0.120. The van der Waals surface area contributed by atoms with Crippen molar-refractivity contribution < 1.29 is 17.6 Å². The Kier molecular flexibility index (Phi) is 7.58. The molecular formula is C23H31N3O4S2. The second-order valence-electron chi connectivity index (χ2n) is 8.48. The minimum atomic E-state index is -3.52. The zero-order valence-corrected chi connectivity index (χ0v) is 20.1. The first-order valence-corrected chi connectivity index (χ1v) is 13.8. The summed E-state index contributed by atoms with van der Waals surface area (Å²) in [5.74, 6) is -0.0537. The van der Waals surface area contributed by atoms with Crippen molar-refractivity contribution >= 4 is 38.8 Å². The third kappa shape index (κ3) is 5.55. The molecular weight excluding hydrogens is 446 g/mol. The summed E-state index contributed by atoms with van der Waals surface area (Å²) in [6.07, 6.45) is 10.8. The molecule has 1 aromatic carbocycles. The van der Waals surface area contributed by atoms with Crippen LogP contribution >= 0.6 is 11.8 Å². The molecule has 1 aromatic heterocycles. The predicted molar refractivity (Wildman–Crippen MR) is 126 cm³/mol. The van der Waals surface area contributed by atoms with Gasteiger partial charge in [0.05, 0.1) is 10.1 Å². The largest absolute Gasteiger partial charge is 0.431 e. The lowest BCUT2D eigenvalue weighted by atomic mass is 9.97. The molecule has 7 nitrogen and oxygen atoms in total. The van der Waals surface area contributed by atoms with Crippen LogP contribution in [0.4, 0.5) is 0 Å². The van der Waals surface area contributed by atoms with Gasteiger partial charge in [-0.05, 0) is 70.1 Å². The highest BCUT2D eigenvalue weighted by Gasteiger charge is 2.27. The van der Waals surface area contributed by atoms with E-state index < -0.39 is 10.0 Å². The van der Waals surface area contributed by atoms with E-state index in [9.17, 15) is 13.2 Å². The smallest absolute Gasteiger partial charge is 0.257 e. The van der Waals surface area contributed by atoms with Crippen molar-refractivity contribution in [3.63, 3.8) is 0 Å². The summed E-state index contributed by atoms with van der Waals surface area (Å²) in [7, 11) is -3.52. The molecule has 1 aliphatic heterocycles. The first kappa shape index (κ1) is 23.3. The van der Waals surface area contributed by atoms with Gasteiger partial charge in [-0.1, -0.05) is 29.8 Å². The second kappa shape index (κ2) is 10.4. The Labute approximate surface area is 194 Å². The maximum absolute atomic E-state index is 12.9. The van der Waals surface area contributed by atoms with Crippen LogP contribution in [0.3, 0.4) is 0 Å². The highest BCUT2D eigenvalue weighted by Crippen LogP contribution is 2.29. The van der Waals surface area contributed by atoms with Crippen molar-refractivity contribution in [2.45, 2.75) is 73.7 Å². The molecule has 1 N–H and O–H groups in total. The number of sulfonamides is 1. The van der Waals surface area contributed by atoms with E-state index in [0.717, 1.165) is 38.5 Å². The first-order valence-electron chi connectivity index (χ1n) is 11.5. The molecule has 0 saturated carbocycles. The van der Waals surface area contributed by atoms with E-state index in [1.54, 1.807) is 22.5 Å². The van der Waals surface area contributed by atoms with Gasteiger partial charge in [0.1, 0.15) is 5.52 Å². The van der Waals surface area contributed by atoms with Crippen LogP contribution in [0.2, 0.25) is 0 Å². The van der Waals surface area contributed by atoms with Gasteiger partial charge < -0.3 is 9.73 Å². The van der Waals surface area contributed by atoms with E-state index in [-0.39, 0.29) is 16.1 Å². The Balaban J connectivity index is 1.37. The van der Waals surface area contributed by atoms with Crippen LogP contribution in [0.25, 0.3) is 11.1 Å². The number of allylic oxidation sites excluding steroid dienone is 1. The molecule has 32 heavy (non-hydrogen) atoms. The normalized spacial score (nSPS) is 19.0. The van der Waals surface area contributed by atoms with Crippen LogP contribution in [-0.4, -0.2) is 48.5 Å². The van der Waals surface area contributed by atoms with Crippen LogP contribution in [0.1, 0.15) is 58.3 Å². The molecule has 0 bridgehead atoms. The van der Waals surface area contributed by atoms with Gasteiger partial charge in [0.25, 0.3) is 5.22 Å². The van der Waals surface area contributed by atoms with Gasteiger partial charge in [0, 0.05) is 19.6 Å². The topological polar surface area (TPSA) is 92.5 Å². The van der Waals surface area contributed by atoms with Crippen LogP contribution in [0.5, 0.6) is 0 Å². The SMILES string of the molecule is C[C@H](Sc1nc2cc(S(=O)(=O)N3CCCCC3)ccc2o1)C(=O)NCCC1=CCCCC1. The lowest BCUT2D eigenvalue weighted by Crippen LogP contribution is -2.35. The monoisotopic (exact) mass is 477 g/mol. The summed E-state index contributed by atoms with van der Waals surface area (Å²) < 4.78 is 33.2. The molecule has 9 heteroatoms. The molecule has 2 aromatic rings. The third-order valence-corrected chi connectivity index (χ3v) is 8.91. The number of aromatic nitrogens is 1. The number of oxazole rings is 1. The van der Waals surface area contributed by atoms with E-state index in [0.29, 0.717) is 36.0 Å². The second-order valence-corrected chi connectivity index (χ2v) is 11.7. The number of nitrogens with zero attached hydrogens (tertiary/aromatic N) is 2. The number of carbonyl (C=O) groups is 1. The molecule has 1 fully saturated rings. The molecule has 1 saturated heterocycles. The average molecular weight is 478 g/mol. The molecule has 0 spiro atoms. The number of thioether (sulfide) groups is 1. The van der Waals surface area contributed by atoms with Crippen molar-refractivity contribution in [2.24, 2.45) is 0 Å². The number of hydrogen-bond donors (Lipinski definition) is 1. The lowest BCUT2D eigenvalue weighted by Gasteiger charge is -2.25. The summed E-state index contributed by atoms with van der Waals surface area (Å²) in [6, 6.07) is 4.78. The van der Waals surface area contributed by atoms with Gasteiger partial charge in [-0.2, -0.15) is 4.31 Å². The van der Waals surface area contributed by atoms with E-state index >= 15 is 0 Å². The van der Waals surface area contributed by atoms with Crippen LogP contribution in [0.15, 0.2) is 44.4 Å². The van der Waals surface area contributed by atoms with E-state index in [1.807, 2.05) is 6.92 Å². The fraction of sp³-hybridized carbons (Fsp3) is 0.565. The third-order valence-electron chi connectivity index (χ3n) is 6.07. The maximum atomic E-state index is 12.9. The highest BCUT2D eigenvalue weighted by atomic mass is 32.2. The number of rotatable bonds is 8. The number of amides is 1. The summed E-state index contributed by atoms with van der Waals surface area (Å²) in [6.45, 7) is 3.58. The number of carbonyl (C=O) groups excluding carboxylic acids is 1. The standard InChI is InChI=1S/C23H31N3O4S2/c1-17(22(27)24-13-12-18-8-4-2-5-9-18)31-23-25-20-16-19(10-11-21(20)30-23)32(28,29)26-14-6-3-7-15-26/h8,10-11,16-17H,2-7,9,12-15H2,1H3,(H,24,27)/t17-/m0/s1. The van der Waals surface area contributed by atoms with Crippen molar-refractivity contribution in [3.05, 3.63) is 29.8 Å². The van der Waals surface area contributed by atoms with Crippen molar-refractivity contribution in [1.29, 1.82) is 0 Å². The summed E-state index contributed by atoms with van der Waals surface area (Å²) >= 11 is 1.24. The molecule has 174 valence electrons. The molecule has 2 heterocycles. The number of fused-ring (bicyclic) bond motifs is 1. The van der Waals surface area contributed by atoms with Gasteiger partial charge in [-0.25, -0.2) is 13.4 Å². The average Bonchev–Trinajstić information content (AvgIpc) is 3.21. The first-order chi connectivity index (χ1) is 15.4. The van der Waals surface area contributed by atoms with Gasteiger partial charge in [-0.3, -0.25) is 4.79 Å². The van der Waals surface area contributed by atoms with E-state index in [4.69, 9.17) is 4.42 Å². The molecule has 1 aliphatic carbocycles. The fourth-order valence-corrected chi connectivity index (χ4v) is 6.50. The summed E-state index contributed by atoms with van der Waals surface area (Å²) in [5.41, 5.74) is 2.44. The van der Waals surface area contributed by atoms with Crippen LogP contribution in [0, 0.1) is 0 Å². The van der Waals surface area contributed by atoms with Crippen molar-refractivity contribution in [1.82, 2.24) is 14.6 Å². The Bertz CT molecular complexity index is 1090. The molecule has 1 amide bonds. The molecule has 1 atom stereocenters. The number of piperidine rings is 1. The van der Waals surface area contributed by atoms with E-state index in [2.05, 4.69) is 16.4 Å². The predicted octanol–water partition coefficient (Wildman–Crippen LogP) is 4.49. The molecule has 4 rings (SSSR count). The zero-order chi connectivity index (χ0) is 22.6. The maximum Gasteiger partial charge on any atom is 0.257 e. The van der Waals surface area contributed by atoms with E-state index in [1.165, 1.54) is 30.2 Å². The fourth-order valence-electron chi connectivity index (χ4n) is 4.18. The minimum Gasteiger partial charge on any atom is -0.431 e. The number of hydrogen-bond acceptors (Lipinski definition) is 6. The van der Waals surface area contributed by atoms with Crippen LogP contribution < -0.4 is 5.32 Å². The molecule has 2 aliphatic rings. The van der Waals surface area contributed by atoms with Crippen molar-refractivity contribution in [3.8, 4) is 0 Å². The zero-order valence-electron chi connectivity index (χ0n) is 18.5. The van der Waals surface area contributed by atoms with Gasteiger partial charge in [0.2, 0.25) is 15.9 Å².